The molecule has 0 radical (unpaired) electrons. The zero-order chi connectivity index (χ0) is 5.21. The number of halogens is 1. The van der Waals surface area contributed by atoms with Crippen molar-refractivity contribution in [1.82, 2.24) is 0 Å². The molecular weight excluding hydrogens is 176 g/mol. The monoisotopic (exact) mass is 188 g/mol. The molecule has 0 aliphatic heterocycles. The van der Waals surface area contributed by atoms with Gasteiger partial charge in [-0.25, -0.2) is 0 Å². The van der Waals surface area contributed by atoms with Crippen molar-refractivity contribution in [2.24, 2.45) is 5.41 Å². The molecule has 0 atom stereocenters. The Morgan fingerprint density at radius 3 is 1.38 bits per heavy atom. The molecule has 0 fully saturated rings. The molecule has 0 aromatic carbocycles. The van der Waals surface area contributed by atoms with Crippen LogP contribution in [0.5, 0.6) is 0 Å². The predicted molar refractivity (Wildman–Crippen MR) is 35.2 cm³/mol. The fourth-order valence-electron chi connectivity index (χ4n) is 0. The fourth-order valence-corrected chi connectivity index (χ4v) is 0. The van der Waals surface area contributed by atoms with E-state index in [1.807, 2.05) is 0 Å². The van der Waals surface area contributed by atoms with Gasteiger partial charge in [0.2, 0.25) is 0 Å². The van der Waals surface area contributed by atoms with Crippen LogP contribution >= 0.6 is 0 Å². The van der Waals surface area contributed by atoms with Crippen molar-refractivity contribution < 1.29 is 17.0 Å². The number of hydrogen-bond acceptors (Lipinski definition) is 0. The SMILES string of the molecule is [Br-].[CH2-]CC(C)(C)C.[Mg+2]. The van der Waals surface area contributed by atoms with E-state index in [1.165, 1.54) is 0 Å². The van der Waals surface area contributed by atoms with Gasteiger partial charge in [0.1, 0.15) is 0 Å². The van der Waals surface area contributed by atoms with Crippen molar-refractivity contribution in [3.63, 3.8) is 0 Å². The molecule has 46 valence electrons. The van der Waals surface area contributed by atoms with E-state index in [0.29, 0.717) is 5.41 Å². The second-order valence-electron chi connectivity index (χ2n) is 2.81. The molecule has 0 heterocycles. The molecule has 0 aliphatic rings. The summed E-state index contributed by atoms with van der Waals surface area (Å²) in [5.41, 5.74) is 0.431. The molecule has 0 N–H and O–H groups in total. The van der Waals surface area contributed by atoms with E-state index in [9.17, 15) is 0 Å². The Bertz CT molecular complexity index is 38.3. The number of rotatable bonds is 0. The zero-order valence-corrected chi connectivity index (χ0v) is 9.00. The van der Waals surface area contributed by atoms with Gasteiger partial charge in [-0.2, -0.15) is 6.42 Å². The molecule has 0 saturated carbocycles. The van der Waals surface area contributed by atoms with E-state index in [1.54, 1.807) is 0 Å². The average molecular weight is 189 g/mol. The Morgan fingerprint density at radius 2 is 1.38 bits per heavy atom. The zero-order valence-electron chi connectivity index (χ0n) is 6.00. The fraction of sp³-hybridized carbons (Fsp3) is 0.833. The Labute approximate surface area is 79.3 Å². The van der Waals surface area contributed by atoms with E-state index in [4.69, 9.17) is 0 Å². The Balaban J connectivity index is -0.000000125. The van der Waals surface area contributed by atoms with Gasteiger partial charge in [0.15, 0.2) is 0 Å². The summed E-state index contributed by atoms with van der Waals surface area (Å²) >= 11 is 0. The van der Waals surface area contributed by atoms with E-state index in [-0.39, 0.29) is 40.0 Å². The topological polar surface area (TPSA) is 0 Å². The van der Waals surface area contributed by atoms with E-state index in [2.05, 4.69) is 27.7 Å². The quantitative estimate of drug-likeness (QED) is 0.334. The van der Waals surface area contributed by atoms with Crippen LogP contribution in [0, 0.1) is 12.3 Å². The molecule has 0 amide bonds. The minimum Gasteiger partial charge on any atom is -1.00 e. The maximum Gasteiger partial charge on any atom is 2.00 e. The van der Waals surface area contributed by atoms with Crippen LogP contribution in [-0.2, 0) is 0 Å². The minimum atomic E-state index is 0. The summed E-state index contributed by atoms with van der Waals surface area (Å²) in [5, 5.41) is 0. The van der Waals surface area contributed by atoms with Crippen LogP contribution in [0.15, 0.2) is 0 Å². The molecule has 0 rings (SSSR count). The molecule has 0 nitrogen and oxygen atoms in total. The second-order valence-corrected chi connectivity index (χ2v) is 2.81. The first-order chi connectivity index (χ1) is 2.56. The van der Waals surface area contributed by atoms with Crippen LogP contribution < -0.4 is 17.0 Å². The summed E-state index contributed by atoms with van der Waals surface area (Å²) in [5.74, 6) is 0. The molecule has 0 aromatic heterocycles. The second kappa shape index (κ2) is 6.37. The summed E-state index contributed by atoms with van der Waals surface area (Å²) in [7, 11) is 0. The molecule has 0 saturated heterocycles. The third kappa shape index (κ3) is 15.7. The predicted octanol–water partition coefficient (Wildman–Crippen LogP) is -1.12. The van der Waals surface area contributed by atoms with Crippen molar-refractivity contribution in [2.45, 2.75) is 27.2 Å². The van der Waals surface area contributed by atoms with Crippen molar-refractivity contribution in [2.75, 3.05) is 0 Å². The van der Waals surface area contributed by atoms with Gasteiger partial charge in [-0.15, -0.1) is 0 Å². The largest absolute Gasteiger partial charge is 2.00 e. The number of hydrogen-bond donors (Lipinski definition) is 0. The third-order valence-electron chi connectivity index (χ3n) is 0.750. The van der Waals surface area contributed by atoms with Gasteiger partial charge < -0.3 is 23.9 Å². The summed E-state index contributed by atoms with van der Waals surface area (Å²) in [4.78, 5) is 0. The normalized spacial score (nSPS) is 9.00. The maximum absolute atomic E-state index is 3.76. The molecule has 0 aliphatic carbocycles. The van der Waals surface area contributed by atoms with Gasteiger partial charge in [-0.1, -0.05) is 26.2 Å². The van der Waals surface area contributed by atoms with Gasteiger partial charge in [-0.05, 0) is 0 Å². The molecule has 2 heteroatoms. The Kier molecular flexibility index (Phi) is 12.8. The summed E-state index contributed by atoms with van der Waals surface area (Å²) < 4.78 is 0. The van der Waals surface area contributed by atoms with Crippen molar-refractivity contribution in [3.05, 3.63) is 6.92 Å². The molecule has 0 spiro atoms. The van der Waals surface area contributed by atoms with Crippen LogP contribution in [0.4, 0.5) is 0 Å². The third-order valence-corrected chi connectivity index (χ3v) is 0.750. The van der Waals surface area contributed by atoms with Gasteiger partial charge >= 0.3 is 23.1 Å². The first kappa shape index (κ1) is 16.1. The van der Waals surface area contributed by atoms with Crippen LogP contribution in [0.2, 0.25) is 0 Å². The van der Waals surface area contributed by atoms with Gasteiger partial charge in [-0.3, -0.25) is 0 Å². The molecule has 0 unspecified atom stereocenters. The van der Waals surface area contributed by atoms with Gasteiger partial charge in [0, 0.05) is 0 Å². The van der Waals surface area contributed by atoms with E-state index < -0.39 is 0 Å². The van der Waals surface area contributed by atoms with Gasteiger partial charge in [0.25, 0.3) is 0 Å². The molecular formula is C6H13BrMg. The van der Waals surface area contributed by atoms with Crippen LogP contribution in [0.3, 0.4) is 0 Å². The van der Waals surface area contributed by atoms with E-state index >= 15 is 0 Å². The molecule has 0 bridgehead atoms. The van der Waals surface area contributed by atoms with Crippen LogP contribution in [0.1, 0.15) is 27.2 Å². The van der Waals surface area contributed by atoms with Gasteiger partial charge in [0.05, 0.1) is 0 Å². The van der Waals surface area contributed by atoms with Crippen LogP contribution in [0.25, 0.3) is 0 Å². The standard InChI is InChI=1S/C6H13.BrH.Mg/c1-5-6(2,3)4;;/h1,5H2,2-4H3;1H;/q-1;;+2/p-1. The molecule has 8 heavy (non-hydrogen) atoms. The summed E-state index contributed by atoms with van der Waals surface area (Å²) in [6.07, 6.45) is 1.02. The van der Waals surface area contributed by atoms with Crippen molar-refractivity contribution in [1.29, 1.82) is 0 Å². The molecule has 0 aromatic rings. The Morgan fingerprint density at radius 1 is 1.25 bits per heavy atom. The van der Waals surface area contributed by atoms with Crippen molar-refractivity contribution >= 4 is 23.1 Å². The average Bonchev–Trinajstić information content (AvgIpc) is 1.35. The van der Waals surface area contributed by atoms with Crippen molar-refractivity contribution in [3.8, 4) is 0 Å². The van der Waals surface area contributed by atoms with Crippen LogP contribution in [-0.4, -0.2) is 23.1 Å². The minimum absolute atomic E-state index is 0. The first-order valence-corrected chi connectivity index (χ1v) is 2.35. The smallest absolute Gasteiger partial charge is 1.00 e. The Hall–Kier alpha value is 1.25. The summed E-state index contributed by atoms with van der Waals surface area (Å²) in [6.45, 7) is 10.3. The maximum atomic E-state index is 3.76. The summed E-state index contributed by atoms with van der Waals surface area (Å²) in [6, 6.07) is 0. The van der Waals surface area contributed by atoms with E-state index in [0.717, 1.165) is 6.42 Å². The first-order valence-electron chi connectivity index (χ1n) is 2.35.